The second-order valence-corrected chi connectivity index (χ2v) is 6.00. The van der Waals surface area contributed by atoms with Crippen molar-refractivity contribution >= 4 is 10.9 Å². The van der Waals surface area contributed by atoms with Crippen LogP contribution in [0.5, 0.6) is 0 Å². The van der Waals surface area contributed by atoms with Crippen LogP contribution in [0.4, 0.5) is 0 Å². The van der Waals surface area contributed by atoms with Crippen LogP contribution < -0.4 is 0 Å². The van der Waals surface area contributed by atoms with Crippen LogP contribution in [-0.4, -0.2) is 4.98 Å². The Balaban J connectivity index is 1.68. The summed E-state index contributed by atoms with van der Waals surface area (Å²) in [5.74, 6) is 0.371. The summed E-state index contributed by atoms with van der Waals surface area (Å²) >= 11 is 0. The first-order valence-corrected chi connectivity index (χ1v) is 8.04. The van der Waals surface area contributed by atoms with E-state index in [1.165, 1.54) is 33.2 Å². The Bertz CT molecular complexity index is 917. The number of hydrogen-bond donors (Lipinski definition) is 1. The Morgan fingerprint density at radius 2 is 1.35 bits per heavy atom. The van der Waals surface area contributed by atoms with Crippen LogP contribution in [0.1, 0.15) is 24.0 Å². The number of hydrogen-bond acceptors (Lipinski definition) is 0. The molecule has 0 spiro atoms. The largest absolute Gasteiger partial charge is 0.361 e. The van der Waals surface area contributed by atoms with Crippen molar-refractivity contribution in [3.05, 3.63) is 96.2 Å². The van der Waals surface area contributed by atoms with Gasteiger partial charge in [0, 0.05) is 23.0 Å². The van der Waals surface area contributed by atoms with Gasteiger partial charge in [-0.2, -0.15) is 0 Å². The number of H-pyrrole nitrogens is 1. The number of benzene rings is 3. The van der Waals surface area contributed by atoms with Crippen molar-refractivity contribution in [2.24, 2.45) is 0 Å². The normalized spacial score (nSPS) is 12.4. The third-order valence-electron chi connectivity index (χ3n) is 4.61. The van der Waals surface area contributed by atoms with E-state index in [0.717, 1.165) is 0 Å². The molecule has 1 heteroatoms. The van der Waals surface area contributed by atoms with Crippen LogP contribution in [0.25, 0.3) is 22.0 Å². The van der Waals surface area contributed by atoms with Gasteiger partial charge in [0.1, 0.15) is 0 Å². The van der Waals surface area contributed by atoms with E-state index in [4.69, 9.17) is 0 Å². The summed E-state index contributed by atoms with van der Waals surface area (Å²) in [7, 11) is 0. The quantitative estimate of drug-likeness (QED) is 0.478. The van der Waals surface area contributed by atoms with Crippen molar-refractivity contribution in [3.8, 4) is 11.1 Å². The van der Waals surface area contributed by atoms with Gasteiger partial charge < -0.3 is 4.98 Å². The third kappa shape index (κ3) is 2.55. The fourth-order valence-corrected chi connectivity index (χ4v) is 3.23. The molecule has 0 aliphatic carbocycles. The maximum atomic E-state index is 3.38. The molecular weight excluding hydrogens is 278 g/mol. The number of para-hydroxylation sites is 1. The smallest absolute Gasteiger partial charge is 0.0457 e. The zero-order valence-corrected chi connectivity index (χ0v) is 13.2. The van der Waals surface area contributed by atoms with Crippen molar-refractivity contribution in [3.63, 3.8) is 0 Å². The van der Waals surface area contributed by atoms with E-state index in [-0.39, 0.29) is 0 Å². The summed E-state index contributed by atoms with van der Waals surface area (Å²) in [6, 6.07) is 27.9. The van der Waals surface area contributed by atoms with Crippen LogP contribution in [0.2, 0.25) is 0 Å². The number of nitrogens with one attached hydrogen (secondary N) is 1. The highest BCUT2D eigenvalue weighted by Crippen LogP contribution is 2.31. The zero-order chi connectivity index (χ0) is 15.6. The number of rotatable bonds is 3. The fourth-order valence-electron chi connectivity index (χ4n) is 3.23. The Labute approximate surface area is 136 Å². The van der Waals surface area contributed by atoms with E-state index in [0.29, 0.717) is 5.92 Å². The molecule has 1 heterocycles. The van der Waals surface area contributed by atoms with Gasteiger partial charge in [0.2, 0.25) is 0 Å². The minimum Gasteiger partial charge on any atom is -0.361 e. The first-order valence-electron chi connectivity index (χ1n) is 8.04. The van der Waals surface area contributed by atoms with Crippen molar-refractivity contribution in [2.45, 2.75) is 12.8 Å². The molecule has 0 saturated heterocycles. The average Bonchev–Trinajstić information content (AvgIpc) is 3.06. The number of aromatic nitrogens is 1. The summed E-state index contributed by atoms with van der Waals surface area (Å²) in [5.41, 5.74) is 6.43. The lowest BCUT2D eigenvalue weighted by Gasteiger charge is -2.12. The van der Waals surface area contributed by atoms with Gasteiger partial charge in [-0.25, -0.2) is 0 Å². The molecule has 3 aromatic carbocycles. The molecule has 1 atom stereocenters. The second kappa shape index (κ2) is 5.77. The predicted molar refractivity (Wildman–Crippen MR) is 97.7 cm³/mol. The summed E-state index contributed by atoms with van der Waals surface area (Å²) in [6.07, 6.45) is 2.14. The predicted octanol–water partition coefficient (Wildman–Crippen LogP) is 5.99. The molecule has 1 unspecified atom stereocenters. The Morgan fingerprint density at radius 3 is 2.13 bits per heavy atom. The molecular formula is C22H19N. The Hall–Kier alpha value is -2.80. The molecule has 0 amide bonds. The summed E-state index contributed by atoms with van der Waals surface area (Å²) in [5, 5.41) is 1.31. The SMILES string of the molecule is CC(c1ccc(-c2ccccc2)cc1)c1c[nH]c2ccccc12. The highest BCUT2D eigenvalue weighted by molar-refractivity contribution is 5.84. The van der Waals surface area contributed by atoms with Crippen molar-refractivity contribution in [2.75, 3.05) is 0 Å². The first kappa shape index (κ1) is 13.8. The van der Waals surface area contributed by atoms with Crippen LogP contribution >= 0.6 is 0 Å². The molecule has 0 aliphatic rings. The van der Waals surface area contributed by atoms with Crippen LogP contribution in [0.3, 0.4) is 0 Å². The van der Waals surface area contributed by atoms with Gasteiger partial charge in [-0.3, -0.25) is 0 Å². The van der Waals surface area contributed by atoms with Crippen LogP contribution in [0, 0.1) is 0 Å². The molecule has 0 radical (unpaired) electrons. The van der Waals surface area contributed by atoms with E-state index >= 15 is 0 Å². The summed E-state index contributed by atoms with van der Waals surface area (Å²) < 4.78 is 0. The molecule has 0 fully saturated rings. The van der Waals surface area contributed by atoms with E-state index in [1.807, 2.05) is 0 Å². The van der Waals surface area contributed by atoms with Gasteiger partial charge in [-0.1, -0.05) is 79.7 Å². The highest BCUT2D eigenvalue weighted by Gasteiger charge is 2.13. The molecule has 0 aliphatic heterocycles. The van der Waals surface area contributed by atoms with Gasteiger partial charge in [-0.05, 0) is 28.3 Å². The molecule has 112 valence electrons. The number of aromatic amines is 1. The molecule has 1 nitrogen and oxygen atoms in total. The van der Waals surface area contributed by atoms with E-state index < -0.39 is 0 Å². The molecule has 1 N–H and O–H groups in total. The van der Waals surface area contributed by atoms with Crippen molar-refractivity contribution in [1.82, 2.24) is 4.98 Å². The molecule has 1 aromatic heterocycles. The molecule has 4 aromatic rings. The maximum absolute atomic E-state index is 3.38. The lowest BCUT2D eigenvalue weighted by atomic mass is 9.91. The monoisotopic (exact) mass is 297 g/mol. The summed E-state index contributed by atoms with van der Waals surface area (Å²) in [6.45, 7) is 2.27. The topological polar surface area (TPSA) is 15.8 Å². The van der Waals surface area contributed by atoms with E-state index in [9.17, 15) is 0 Å². The molecule has 4 rings (SSSR count). The van der Waals surface area contributed by atoms with Gasteiger partial charge in [0.25, 0.3) is 0 Å². The van der Waals surface area contributed by atoms with Crippen LogP contribution in [0.15, 0.2) is 85.1 Å². The van der Waals surface area contributed by atoms with Crippen LogP contribution in [-0.2, 0) is 0 Å². The fraction of sp³-hybridized carbons (Fsp3) is 0.0909. The number of fused-ring (bicyclic) bond motifs is 1. The van der Waals surface area contributed by atoms with Gasteiger partial charge in [0.05, 0.1) is 0 Å². The van der Waals surface area contributed by atoms with Gasteiger partial charge in [-0.15, -0.1) is 0 Å². The molecule has 0 bridgehead atoms. The molecule has 23 heavy (non-hydrogen) atoms. The molecule has 0 saturated carbocycles. The minimum atomic E-state index is 0.371. The lowest BCUT2D eigenvalue weighted by Crippen LogP contribution is -1.94. The van der Waals surface area contributed by atoms with Gasteiger partial charge >= 0.3 is 0 Å². The third-order valence-corrected chi connectivity index (χ3v) is 4.61. The minimum absolute atomic E-state index is 0.371. The van der Waals surface area contributed by atoms with Crippen molar-refractivity contribution < 1.29 is 0 Å². The summed E-state index contributed by atoms with van der Waals surface area (Å²) in [4.78, 5) is 3.38. The first-order chi connectivity index (χ1) is 11.3. The van der Waals surface area contributed by atoms with Gasteiger partial charge in [0.15, 0.2) is 0 Å². The van der Waals surface area contributed by atoms with Crippen molar-refractivity contribution in [1.29, 1.82) is 0 Å². The van der Waals surface area contributed by atoms with E-state index in [2.05, 4.69) is 97.0 Å². The highest BCUT2D eigenvalue weighted by atomic mass is 14.7. The zero-order valence-electron chi connectivity index (χ0n) is 13.2. The maximum Gasteiger partial charge on any atom is 0.0457 e. The average molecular weight is 297 g/mol. The second-order valence-electron chi connectivity index (χ2n) is 6.00. The Kier molecular flexibility index (Phi) is 3.47. The van der Waals surface area contributed by atoms with E-state index in [1.54, 1.807) is 0 Å². The lowest BCUT2D eigenvalue weighted by molar-refractivity contribution is 0.932. The standard InChI is InChI=1S/C22H19N/c1-16(21-15-23-22-10-6-5-9-20(21)22)17-11-13-19(14-12-17)18-7-3-2-4-8-18/h2-16,23H,1H3. The Morgan fingerprint density at radius 1 is 0.696 bits per heavy atom.